The van der Waals surface area contributed by atoms with Crippen molar-refractivity contribution in [3.05, 3.63) is 0 Å². The Morgan fingerprint density at radius 1 is 0.625 bits per heavy atom. The third-order valence-electron chi connectivity index (χ3n) is 4.25. The Morgan fingerprint density at radius 2 is 1.12 bits per heavy atom. The predicted molar refractivity (Wildman–Crippen MR) is 104 cm³/mol. The van der Waals surface area contributed by atoms with E-state index in [0.29, 0.717) is 6.61 Å². The van der Waals surface area contributed by atoms with Gasteiger partial charge in [-0.2, -0.15) is 0 Å². The Bertz CT molecular complexity index is 246. The molecule has 0 aromatic carbocycles. The number of hydrogen-bond acceptors (Lipinski definition) is 4. The van der Waals surface area contributed by atoms with E-state index in [9.17, 15) is 0 Å². The molecule has 0 bridgehead atoms. The molecule has 146 valence electrons. The fourth-order valence-electron chi connectivity index (χ4n) is 2.93. The van der Waals surface area contributed by atoms with Gasteiger partial charge in [0.25, 0.3) is 0 Å². The lowest BCUT2D eigenvalue weighted by molar-refractivity contribution is 0.0685. The van der Waals surface area contributed by atoms with Crippen molar-refractivity contribution >= 4 is 8.56 Å². The van der Waals surface area contributed by atoms with Crippen molar-refractivity contribution in [2.24, 2.45) is 0 Å². The molecule has 5 heteroatoms. The van der Waals surface area contributed by atoms with E-state index in [2.05, 4.69) is 20.4 Å². The maximum atomic E-state index is 5.88. The fourth-order valence-corrected chi connectivity index (χ4v) is 5.41. The van der Waals surface area contributed by atoms with Gasteiger partial charge >= 0.3 is 8.56 Å². The molecule has 0 N–H and O–H groups in total. The molecule has 0 fully saturated rings. The van der Waals surface area contributed by atoms with E-state index < -0.39 is 8.56 Å². The van der Waals surface area contributed by atoms with Crippen LogP contribution in [0.5, 0.6) is 0 Å². The quantitative estimate of drug-likeness (QED) is 0.231. The highest BCUT2D eigenvalue weighted by Gasteiger charge is 2.29. The van der Waals surface area contributed by atoms with Crippen molar-refractivity contribution in [3.63, 3.8) is 0 Å². The van der Waals surface area contributed by atoms with Gasteiger partial charge in [-0.05, 0) is 32.9 Å². The third-order valence-corrected chi connectivity index (χ3v) is 7.31. The maximum Gasteiger partial charge on any atom is 0.334 e. The molecule has 0 aromatic rings. The van der Waals surface area contributed by atoms with Crippen molar-refractivity contribution in [2.75, 3.05) is 40.1 Å². The van der Waals surface area contributed by atoms with Crippen LogP contribution in [0.1, 0.15) is 71.6 Å². The van der Waals surface area contributed by atoms with E-state index in [-0.39, 0.29) is 0 Å². The largest absolute Gasteiger partial charge is 0.395 e. The summed E-state index contributed by atoms with van der Waals surface area (Å²) in [5.41, 5.74) is 0. The summed E-state index contributed by atoms with van der Waals surface area (Å²) in [5.74, 6) is 0. The second-order valence-corrected chi connectivity index (χ2v) is 9.88. The molecule has 0 radical (unpaired) electrons. The first kappa shape index (κ1) is 24.1. The van der Waals surface area contributed by atoms with Crippen LogP contribution >= 0.6 is 0 Å². The van der Waals surface area contributed by atoms with Crippen molar-refractivity contribution in [1.29, 1.82) is 0 Å². The summed E-state index contributed by atoms with van der Waals surface area (Å²) in [5, 5.41) is 0. The summed E-state index contributed by atoms with van der Waals surface area (Å²) in [6.07, 6.45) is 11.8. The SMILES string of the molecule is CCO[Si](C)(CCCCCCCCCCCOCCOC)OCC. The first-order chi connectivity index (χ1) is 11.7. The number of rotatable bonds is 19. The molecular formula is C19H42O4Si. The average molecular weight is 363 g/mol. The monoisotopic (exact) mass is 362 g/mol. The van der Waals surface area contributed by atoms with Crippen LogP contribution in [0.25, 0.3) is 0 Å². The van der Waals surface area contributed by atoms with Gasteiger partial charge in [0.1, 0.15) is 0 Å². The minimum absolute atomic E-state index is 0.705. The normalized spacial score (nSPS) is 12.0. The standard InChI is InChI=1S/C19H42O4Si/c1-5-22-24(4,23-6-2)19-15-13-11-9-7-8-10-12-14-16-21-18-17-20-3/h5-19H2,1-4H3. The maximum absolute atomic E-state index is 5.88. The van der Waals surface area contributed by atoms with Gasteiger partial charge in [0, 0.05) is 26.9 Å². The Labute approximate surface area is 151 Å². The summed E-state index contributed by atoms with van der Waals surface area (Å²) in [4.78, 5) is 0. The third kappa shape index (κ3) is 15.6. The van der Waals surface area contributed by atoms with E-state index in [1.807, 2.05) is 0 Å². The molecule has 24 heavy (non-hydrogen) atoms. The Morgan fingerprint density at radius 3 is 1.62 bits per heavy atom. The lowest BCUT2D eigenvalue weighted by atomic mass is 10.1. The molecule has 0 amide bonds. The van der Waals surface area contributed by atoms with E-state index in [4.69, 9.17) is 18.3 Å². The summed E-state index contributed by atoms with van der Waals surface area (Å²) >= 11 is 0. The zero-order chi connectivity index (χ0) is 17.9. The smallest absolute Gasteiger partial charge is 0.334 e. The van der Waals surface area contributed by atoms with Crippen LogP contribution < -0.4 is 0 Å². The second kappa shape index (κ2) is 17.9. The van der Waals surface area contributed by atoms with Crippen LogP contribution in [0.15, 0.2) is 0 Å². The molecule has 0 saturated heterocycles. The molecule has 4 nitrogen and oxygen atoms in total. The summed E-state index contributed by atoms with van der Waals surface area (Å²) in [7, 11) is -0.162. The van der Waals surface area contributed by atoms with Crippen LogP contribution in [-0.4, -0.2) is 48.7 Å². The van der Waals surface area contributed by atoms with Crippen molar-refractivity contribution < 1.29 is 18.3 Å². The topological polar surface area (TPSA) is 36.9 Å². The predicted octanol–water partition coefficient (Wildman–Crippen LogP) is 5.31. The van der Waals surface area contributed by atoms with Gasteiger partial charge in [-0.1, -0.05) is 51.4 Å². The van der Waals surface area contributed by atoms with E-state index in [1.165, 1.54) is 57.8 Å². The fraction of sp³-hybridized carbons (Fsp3) is 1.00. The number of methoxy groups -OCH3 is 1. The van der Waals surface area contributed by atoms with Gasteiger partial charge in [-0.25, -0.2) is 0 Å². The minimum atomic E-state index is -1.87. The molecule has 0 aliphatic carbocycles. The lowest BCUT2D eigenvalue weighted by Gasteiger charge is -2.25. The Kier molecular flexibility index (Phi) is 17.9. The molecule has 0 heterocycles. The van der Waals surface area contributed by atoms with Gasteiger partial charge in [-0.15, -0.1) is 0 Å². The molecular weight excluding hydrogens is 320 g/mol. The molecule has 0 aliphatic rings. The Hall–Kier alpha value is 0.0569. The van der Waals surface area contributed by atoms with E-state index in [1.54, 1.807) is 7.11 Å². The van der Waals surface area contributed by atoms with Crippen molar-refractivity contribution in [2.45, 2.75) is 84.2 Å². The lowest BCUT2D eigenvalue weighted by Crippen LogP contribution is -2.38. The number of hydrogen-bond donors (Lipinski definition) is 0. The van der Waals surface area contributed by atoms with Gasteiger partial charge in [0.05, 0.1) is 13.2 Å². The summed E-state index contributed by atoms with van der Waals surface area (Å²) in [6.45, 7) is 10.2. The highest BCUT2D eigenvalue weighted by molar-refractivity contribution is 6.66. The molecule has 0 saturated carbocycles. The van der Waals surface area contributed by atoms with Gasteiger partial charge in [0.15, 0.2) is 0 Å². The highest BCUT2D eigenvalue weighted by Crippen LogP contribution is 2.19. The first-order valence-electron chi connectivity index (χ1n) is 10.0. The Balaban J connectivity index is 3.30. The second-order valence-electron chi connectivity index (χ2n) is 6.54. The highest BCUT2D eigenvalue weighted by atomic mass is 28.4. The molecule has 0 atom stereocenters. The first-order valence-corrected chi connectivity index (χ1v) is 12.6. The molecule has 0 spiro atoms. The number of unbranched alkanes of at least 4 members (excludes halogenated alkanes) is 8. The minimum Gasteiger partial charge on any atom is -0.395 e. The van der Waals surface area contributed by atoms with Crippen LogP contribution in [0, 0.1) is 0 Å². The van der Waals surface area contributed by atoms with Crippen LogP contribution in [-0.2, 0) is 18.3 Å². The molecule has 0 aromatic heterocycles. The molecule has 0 unspecified atom stereocenters. The van der Waals surface area contributed by atoms with Crippen LogP contribution in [0.3, 0.4) is 0 Å². The zero-order valence-corrected chi connectivity index (χ0v) is 17.7. The van der Waals surface area contributed by atoms with Crippen LogP contribution in [0.4, 0.5) is 0 Å². The zero-order valence-electron chi connectivity index (χ0n) is 16.7. The molecule has 0 aliphatic heterocycles. The molecule has 0 rings (SSSR count). The average Bonchev–Trinajstić information content (AvgIpc) is 2.55. The van der Waals surface area contributed by atoms with Gasteiger partial charge in [0.2, 0.25) is 0 Å². The van der Waals surface area contributed by atoms with Crippen molar-refractivity contribution in [3.8, 4) is 0 Å². The van der Waals surface area contributed by atoms with Gasteiger partial charge < -0.3 is 18.3 Å². The number of ether oxygens (including phenoxy) is 2. The van der Waals surface area contributed by atoms with Gasteiger partial charge in [-0.3, -0.25) is 0 Å². The van der Waals surface area contributed by atoms with Crippen molar-refractivity contribution in [1.82, 2.24) is 0 Å². The van der Waals surface area contributed by atoms with E-state index in [0.717, 1.165) is 32.5 Å². The van der Waals surface area contributed by atoms with Crippen LogP contribution in [0.2, 0.25) is 12.6 Å². The van der Waals surface area contributed by atoms with E-state index >= 15 is 0 Å². The summed E-state index contributed by atoms with van der Waals surface area (Å²) in [6, 6.07) is 1.14. The summed E-state index contributed by atoms with van der Waals surface area (Å²) < 4.78 is 22.2.